The molecule has 0 radical (unpaired) electrons. The first-order chi connectivity index (χ1) is 6.70. The highest BCUT2D eigenvalue weighted by Gasteiger charge is 2.32. The highest BCUT2D eigenvalue weighted by molar-refractivity contribution is 5.11. The second kappa shape index (κ2) is 3.63. The molecule has 0 saturated carbocycles. The Hall–Kier alpha value is -1.00. The van der Waals surface area contributed by atoms with Crippen LogP contribution in [0, 0.1) is 5.82 Å². The zero-order chi connectivity index (χ0) is 10.0. The molecule has 1 saturated heterocycles. The molecule has 1 atom stereocenters. The van der Waals surface area contributed by atoms with Crippen molar-refractivity contribution < 1.29 is 9.50 Å². The first kappa shape index (κ1) is 9.55. The highest BCUT2D eigenvalue weighted by Crippen LogP contribution is 2.20. The van der Waals surface area contributed by atoms with Gasteiger partial charge in [-0.3, -0.25) is 4.98 Å². The van der Waals surface area contributed by atoms with Gasteiger partial charge in [0, 0.05) is 19.2 Å². The maximum absolute atomic E-state index is 13.2. The zero-order valence-electron chi connectivity index (χ0n) is 7.83. The molecule has 0 spiro atoms. The zero-order valence-corrected chi connectivity index (χ0v) is 7.83. The highest BCUT2D eigenvalue weighted by atomic mass is 19.1. The van der Waals surface area contributed by atoms with Gasteiger partial charge in [0.2, 0.25) is 0 Å². The molecule has 1 aliphatic rings. The van der Waals surface area contributed by atoms with Gasteiger partial charge in [0.15, 0.2) is 0 Å². The van der Waals surface area contributed by atoms with Crippen molar-refractivity contribution in [2.45, 2.75) is 18.4 Å². The Morgan fingerprint density at radius 1 is 1.64 bits per heavy atom. The van der Waals surface area contributed by atoms with Crippen LogP contribution in [-0.4, -0.2) is 28.8 Å². The lowest BCUT2D eigenvalue weighted by Crippen LogP contribution is -2.34. The quantitative estimate of drug-likeness (QED) is 0.723. The Kier molecular flexibility index (Phi) is 2.48. The Balaban J connectivity index is 2.14. The van der Waals surface area contributed by atoms with Crippen LogP contribution >= 0.6 is 0 Å². The molecule has 2 N–H and O–H groups in total. The molecule has 14 heavy (non-hydrogen) atoms. The van der Waals surface area contributed by atoms with Crippen LogP contribution in [0.1, 0.15) is 12.1 Å². The SMILES string of the molecule is OC1(Cc2ncccc2F)CCNC1. The number of pyridine rings is 1. The molecule has 0 aliphatic carbocycles. The molecule has 1 aromatic rings. The normalized spacial score (nSPS) is 26.7. The Morgan fingerprint density at radius 3 is 3.14 bits per heavy atom. The minimum Gasteiger partial charge on any atom is -0.388 e. The van der Waals surface area contributed by atoms with Crippen LogP contribution in [0.25, 0.3) is 0 Å². The maximum Gasteiger partial charge on any atom is 0.144 e. The molecule has 1 unspecified atom stereocenters. The standard InChI is InChI=1S/C10H13FN2O/c11-8-2-1-4-13-9(8)6-10(14)3-5-12-7-10/h1-2,4,12,14H,3,5-7H2. The van der Waals surface area contributed by atoms with Crippen molar-refractivity contribution in [3.63, 3.8) is 0 Å². The van der Waals surface area contributed by atoms with E-state index < -0.39 is 5.60 Å². The average Bonchev–Trinajstić information content (AvgIpc) is 2.57. The van der Waals surface area contributed by atoms with Gasteiger partial charge < -0.3 is 10.4 Å². The van der Waals surface area contributed by atoms with E-state index in [0.29, 0.717) is 18.7 Å². The number of rotatable bonds is 2. The molecular weight excluding hydrogens is 183 g/mol. The smallest absolute Gasteiger partial charge is 0.144 e. The molecule has 2 rings (SSSR count). The van der Waals surface area contributed by atoms with E-state index in [9.17, 15) is 9.50 Å². The van der Waals surface area contributed by atoms with Crippen molar-refractivity contribution in [1.82, 2.24) is 10.3 Å². The Labute approximate surface area is 82.0 Å². The van der Waals surface area contributed by atoms with Gasteiger partial charge in [-0.25, -0.2) is 4.39 Å². The summed E-state index contributed by atoms with van der Waals surface area (Å²) in [4.78, 5) is 3.92. The second-order valence-corrected chi connectivity index (χ2v) is 3.76. The molecule has 3 nitrogen and oxygen atoms in total. The summed E-state index contributed by atoms with van der Waals surface area (Å²) in [5, 5.41) is 13.1. The molecule has 0 bridgehead atoms. The third-order valence-electron chi connectivity index (χ3n) is 2.55. The summed E-state index contributed by atoms with van der Waals surface area (Å²) in [6, 6.07) is 2.92. The van der Waals surface area contributed by atoms with E-state index in [1.54, 1.807) is 12.3 Å². The molecule has 0 aromatic carbocycles. The average molecular weight is 196 g/mol. The number of aromatic nitrogens is 1. The first-order valence-corrected chi connectivity index (χ1v) is 4.72. The fourth-order valence-corrected chi connectivity index (χ4v) is 1.74. The van der Waals surface area contributed by atoms with E-state index in [-0.39, 0.29) is 12.2 Å². The Bertz CT molecular complexity index is 324. The van der Waals surface area contributed by atoms with Crippen molar-refractivity contribution in [3.8, 4) is 0 Å². The van der Waals surface area contributed by atoms with E-state index >= 15 is 0 Å². The van der Waals surface area contributed by atoms with Crippen LogP contribution < -0.4 is 5.32 Å². The fourth-order valence-electron chi connectivity index (χ4n) is 1.74. The van der Waals surface area contributed by atoms with Crippen LogP contribution in [0.2, 0.25) is 0 Å². The van der Waals surface area contributed by atoms with Gasteiger partial charge in [-0.15, -0.1) is 0 Å². The summed E-state index contributed by atoms with van der Waals surface area (Å²) >= 11 is 0. The van der Waals surface area contributed by atoms with Gasteiger partial charge >= 0.3 is 0 Å². The summed E-state index contributed by atoms with van der Waals surface area (Å²) in [7, 11) is 0. The second-order valence-electron chi connectivity index (χ2n) is 3.76. The predicted molar refractivity (Wildman–Crippen MR) is 50.3 cm³/mol. The summed E-state index contributed by atoms with van der Waals surface area (Å²) in [6.45, 7) is 1.30. The minimum absolute atomic E-state index is 0.284. The number of β-amino-alcohol motifs (C(OH)–C–C–N with tert-alkyl or cyclic N) is 1. The van der Waals surface area contributed by atoms with Gasteiger partial charge in [0.25, 0.3) is 0 Å². The third kappa shape index (κ3) is 1.91. The van der Waals surface area contributed by atoms with E-state index in [0.717, 1.165) is 6.54 Å². The number of nitrogens with one attached hydrogen (secondary N) is 1. The van der Waals surface area contributed by atoms with Crippen molar-refractivity contribution in [3.05, 3.63) is 29.8 Å². The first-order valence-electron chi connectivity index (χ1n) is 4.72. The van der Waals surface area contributed by atoms with E-state index in [1.807, 2.05) is 0 Å². The van der Waals surface area contributed by atoms with Crippen LogP contribution in [0.15, 0.2) is 18.3 Å². The molecule has 1 fully saturated rings. The van der Waals surface area contributed by atoms with Crippen molar-refractivity contribution >= 4 is 0 Å². The molecular formula is C10H13FN2O. The van der Waals surface area contributed by atoms with Gasteiger partial charge in [0.1, 0.15) is 5.82 Å². The largest absolute Gasteiger partial charge is 0.388 e. The van der Waals surface area contributed by atoms with Gasteiger partial charge in [0.05, 0.1) is 11.3 Å². The summed E-state index contributed by atoms with van der Waals surface area (Å²) in [6.07, 6.45) is 2.49. The van der Waals surface area contributed by atoms with Crippen molar-refractivity contribution in [1.29, 1.82) is 0 Å². The molecule has 1 aliphatic heterocycles. The minimum atomic E-state index is -0.824. The van der Waals surface area contributed by atoms with Gasteiger partial charge in [-0.2, -0.15) is 0 Å². The fraction of sp³-hybridized carbons (Fsp3) is 0.500. The summed E-state index contributed by atoms with van der Waals surface area (Å²) in [5.74, 6) is -0.340. The summed E-state index contributed by atoms with van der Waals surface area (Å²) in [5.41, 5.74) is -0.478. The monoisotopic (exact) mass is 196 g/mol. The topological polar surface area (TPSA) is 45.2 Å². The summed E-state index contributed by atoms with van der Waals surface area (Å²) < 4.78 is 13.2. The molecule has 76 valence electrons. The predicted octanol–water partition coefficient (Wildman–Crippen LogP) is 0.488. The maximum atomic E-state index is 13.2. The number of hydrogen-bond acceptors (Lipinski definition) is 3. The number of hydrogen-bond donors (Lipinski definition) is 2. The molecule has 1 aromatic heterocycles. The number of aliphatic hydroxyl groups is 1. The van der Waals surface area contributed by atoms with Crippen molar-refractivity contribution in [2.24, 2.45) is 0 Å². The number of nitrogens with zero attached hydrogens (tertiary/aromatic N) is 1. The van der Waals surface area contributed by atoms with Crippen molar-refractivity contribution in [2.75, 3.05) is 13.1 Å². The lowest BCUT2D eigenvalue weighted by Gasteiger charge is -2.20. The molecule has 2 heterocycles. The lowest BCUT2D eigenvalue weighted by atomic mass is 9.96. The van der Waals surface area contributed by atoms with Crippen LogP contribution in [-0.2, 0) is 6.42 Å². The van der Waals surface area contributed by atoms with E-state index in [4.69, 9.17) is 0 Å². The third-order valence-corrected chi connectivity index (χ3v) is 2.55. The molecule has 4 heteroatoms. The van der Waals surface area contributed by atoms with Crippen LogP contribution in [0.3, 0.4) is 0 Å². The molecule has 0 amide bonds. The van der Waals surface area contributed by atoms with Gasteiger partial charge in [-0.05, 0) is 25.1 Å². The Morgan fingerprint density at radius 2 is 2.50 bits per heavy atom. The van der Waals surface area contributed by atoms with Crippen LogP contribution in [0.4, 0.5) is 4.39 Å². The van der Waals surface area contributed by atoms with Crippen LogP contribution in [0.5, 0.6) is 0 Å². The van der Waals surface area contributed by atoms with E-state index in [2.05, 4.69) is 10.3 Å². The lowest BCUT2D eigenvalue weighted by molar-refractivity contribution is 0.0599. The number of halogens is 1. The van der Waals surface area contributed by atoms with Gasteiger partial charge in [-0.1, -0.05) is 0 Å². The van der Waals surface area contributed by atoms with E-state index in [1.165, 1.54) is 6.07 Å².